The van der Waals surface area contributed by atoms with Gasteiger partial charge >= 0.3 is 0 Å². The minimum absolute atomic E-state index is 0.00341. The highest BCUT2D eigenvalue weighted by atomic mass is 32.2. The molecule has 1 aromatic carbocycles. The van der Waals surface area contributed by atoms with E-state index in [1.165, 1.54) is 43.0 Å². The van der Waals surface area contributed by atoms with Gasteiger partial charge in [0.05, 0.1) is 5.75 Å². The summed E-state index contributed by atoms with van der Waals surface area (Å²) in [6, 6.07) is 8.52. The Morgan fingerprint density at radius 2 is 2.08 bits per heavy atom. The van der Waals surface area contributed by atoms with Gasteiger partial charge in [-0.3, -0.25) is 9.36 Å². The minimum atomic E-state index is -0.00341. The van der Waals surface area contributed by atoms with E-state index < -0.39 is 0 Å². The standard InChI is InChI=1S/C19H25N5OS/c1-2-14-6-5-7-15(12-14)20-17(25)13-26-19-22-21-18(23-10-3-4-11-23)24(19)16-8-9-16/h5-7,12,16H,2-4,8-11,13H2,1H3,(H,20,25). The molecule has 1 aliphatic carbocycles. The zero-order chi connectivity index (χ0) is 17.9. The molecule has 7 heteroatoms. The molecule has 0 atom stereocenters. The van der Waals surface area contributed by atoms with Crippen LogP contribution in [-0.4, -0.2) is 39.5 Å². The van der Waals surface area contributed by atoms with E-state index in [0.29, 0.717) is 11.8 Å². The van der Waals surface area contributed by atoms with Crippen LogP contribution in [0.5, 0.6) is 0 Å². The summed E-state index contributed by atoms with van der Waals surface area (Å²) in [7, 11) is 0. The molecule has 0 spiro atoms. The van der Waals surface area contributed by atoms with E-state index in [-0.39, 0.29) is 5.91 Å². The molecule has 1 amide bonds. The van der Waals surface area contributed by atoms with Gasteiger partial charge in [0.2, 0.25) is 11.9 Å². The molecule has 138 valence electrons. The number of nitrogens with one attached hydrogen (secondary N) is 1. The highest BCUT2D eigenvalue weighted by Gasteiger charge is 2.32. The van der Waals surface area contributed by atoms with E-state index >= 15 is 0 Å². The molecule has 6 nitrogen and oxygen atoms in total. The molecule has 1 aliphatic heterocycles. The summed E-state index contributed by atoms with van der Waals surface area (Å²) in [4.78, 5) is 14.7. The Morgan fingerprint density at radius 1 is 1.27 bits per heavy atom. The first-order valence-corrected chi connectivity index (χ1v) is 10.4. The van der Waals surface area contributed by atoms with Crippen molar-refractivity contribution in [3.63, 3.8) is 0 Å². The molecule has 1 saturated heterocycles. The van der Waals surface area contributed by atoms with Crippen LogP contribution in [0.3, 0.4) is 0 Å². The SMILES string of the molecule is CCc1cccc(NC(=O)CSc2nnc(N3CCCC3)n2C2CC2)c1. The molecule has 1 saturated carbocycles. The van der Waals surface area contributed by atoms with Crippen LogP contribution in [0.25, 0.3) is 0 Å². The van der Waals surface area contributed by atoms with Crippen LogP contribution in [0, 0.1) is 0 Å². The van der Waals surface area contributed by atoms with Gasteiger partial charge in [0.25, 0.3) is 0 Å². The lowest BCUT2D eigenvalue weighted by Crippen LogP contribution is -2.22. The summed E-state index contributed by atoms with van der Waals surface area (Å²) >= 11 is 1.48. The van der Waals surface area contributed by atoms with Crippen molar-refractivity contribution in [2.75, 3.05) is 29.1 Å². The summed E-state index contributed by atoms with van der Waals surface area (Å²) in [5, 5.41) is 12.7. The van der Waals surface area contributed by atoms with E-state index in [1.807, 2.05) is 18.2 Å². The zero-order valence-electron chi connectivity index (χ0n) is 15.1. The minimum Gasteiger partial charge on any atom is -0.341 e. The smallest absolute Gasteiger partial charge is 0.234 e. The second-order valence-corrected chi connectivity index (χ2v) is 7.91. The average molecular weight is 372 g/mol. The highest BCUT2D eigenvalue weighted by molar-refractivity contribution is 7.99. The first-order valence-electron chi connectivity index (χ1n) is 9.46. The molecule has 1 N–H and O–H groups in total. The van der Waals surface area contributed by atoms with Crippen molar-refractivity contribution in [1.82, 2.24) is 14.8 Å². The number of aryl methyl sites for hydroxylation is 1. The fourth-order valence-electron chi connectivity index (χ4n) is 3.35. The van der Waals surface area contributed by atoms with E-state index in [9.17, 15) is 4.79 Å². The van der Waals surface area contributed by atoms with Gasteiger partial charge in [-0.15, -0.1) is 10.2 Å². The first kappa shape index (κ1) is 17.4. The number of anilines is 2. The zero-order valence-corrected chi connectivity index (χ0v) is 16.0. The number of benzene rings is 1. The topological polar surface area (TPSA) is 63.1 Å². The molecule has 2 aromatic rings. The second kappa shape index (κ2) is 7.70. The molecule has 2 fully saturated rings. The van der Waals surface area contributed by atoms with Gasteiger partial charge in [0.15, 0.2) is 5.16 Å². The van der Waals surface area contributed by atoms with Crippen LogP contribution in [0.2, 0.25) is 0 Å². The van der Waals surface area contributed by atoms with Crippen LogP contribution in [-0.2, 0) is 11.2 Å². The van der Waals surface area contributed by atoms with Crippen molar-refractivity contribution in [1.29, 1.82) is 0 Å². The summed E-state index contributed by atoms with van der Waals surface area (Å²) in [5.41, 5.74) is 2.08. The van der Waals surface area contributed by atoms with Crippen molar-refractivity contribution < 1.29 is 4.79 Å². The Labute approximate surface area is 158 Å². The van der Waals surface area contributed by atoms with Gasteiger partial charge in [0, 0.05) is 24.8 Å². The third kappa shape index (κ3) is 3.87. The van der Waals surface area contributed by atoms with Crippen LogP contribution in [0.1, 0.15) is 44.2 Å². The van der Waals surface area contributed by atoms with Gasteiger partial charge in [-0.2, -0.15) is 0 Å². The third-order valence-electron chi connectivity index (χ3n) is 4.90. The Bertz CT molecular complexity index is 780. The normalized spacial score (nSPS) is 16.9. The van der Waals surface area contributed by atoms with Gasteiger partial charge in [-0.05, 0) is 49.8 Å². The second-order valence-electron chi connectivity index (χ2n) is 6.97. The molecule has 2 heterocycles. The molecule has 2 aliphatic rings. The number of carbonyl (C=O) groups is 1. The fourth-order valence-corrected chi connectivity index (χ4v) is 4.15. The Hall–Kier alpha value is -2.02. The van der Waals surface area contributed by atoms with Gasteiger partial charge in [-0.1, -0.05) is 30.8 Å². The predicted octanol–water partition coefficient (Wildman–Crippen LogP) is 3.51. The van der Waals surface area contributed by atoms with Crippen molar-refractivity contribution in [3.05, 3.63) is 29.8 Å². The van der Waals surface area contributed by atoms with Gasteiger partial charge in [0.1, 0.15) is 0 Å². The number of rotatable bonds is 7. The summed E-state index contributed by atoms with van der Waals surface area (Å²) in [6.07, 6.45) is 5.77. The monoisotopic (exact) mass is 371 g/mol. The van der Waals surface area contributed by atoms with Crippen LogP contribution < -0.4 is 10.2 Å². The molecular weight excluding hydrogens is 346 g/mol. The lowest BCUT2D eigenvalue weighted by molar-refractivity contribution is -0.113. The van der Waals surface area contributed by atoms with Crippen LogP contribution in [0.4, 0.5) is 11.6 Å². The van der Waals surface area contributed by atoms with Gasteiger partial charge in [-0.25, -0.2) is 0 Å². The molecule has 0 unspecified atom stereocenters. The fraction of sp³-hybridized carbons (Fsp3) is 0.526. The van der Waals surface area contributed by atoms with Gasteiger partial charge < -0.3 is 10.2 Å². The molecule has 0 radical (unpaired) electrons. The van der Waals surface area contributed by atoms with E-state index in [2.05, 4.69) is 38.0 Å². The number of carbonyl (C=O) groups excluding carboxylic acids is 1. The van der Waals surface area contributed by atoms with E-state index in [0.717, 1.165) is 36.3 Å². The molecule has 26 heavy (non-hydrogen) atoms. The largest absolute Gasteiger partial charge is 0.341 e. The van der Waals surface area contributed by atoms with Crippen molar-refractivity contribution in [2.45, 2.75) is 50.2 Å². The first-order chi connectivity index (χ1) is 12.7. The Morgan fingerprint density at radius 3 is 2.81 bits per heavy atom. The van der Waals surface area contributed by atoms with Crippen LogP contribution >= 0.6 is 11.8 Å². The van der Waals surface area contributed by atoms with Crippen molar-refractivity contribution in [3.8, 4) is 0 Å². The third-order valence-corrected chi connectivity index (χ3v) is 5.84. The van der Waals surface area contributed by atoms with E-state index in [1.54, 1.807) is 0 Å². The quantitative estimate of drug-likeness (QED) is 0.755. The Balaban J connectivity index is 1.40. The summed E-state index contributed by atoms with van der Waals surface area (Å²) < 4.78 is 2.25. The predicted molar refractivity (Wildman–Crippen MR) is 105 cm³/mol. The number of nitrogens with zero attached hydrogens (tertiary/aromatic N) is 4. The van der Waals surface area contributed by atoms with Crippen molar-refractivity contribution in [2.24, 2.45) is 0 Å². The lowest BCUT2D eigenvalue weighted by Gasteiger charge is -2.17. The Kier molecular flexibility index (Phi) is 5.15. The maximum Gasteiger partial charge on any atom is 0.234 e. The summed E-state index contributed by atoms with van der Waals surface area (Å²) in [5.74, 6) is 1.33. The average Bonchev–Trinajstić information content (AvgIpc) is 3.18. The number of hydrogen-bond acceptors (Lipinski definition) is 5. The number of thioether (sulfide) groups is 1. The lowest BCUT2D eigenvalue weighted by atomic mass is 10.1. The maximum atomic E-state index is 12.3. The number of aromatic nitrogens is 3. The molecular formula is C19H25N5OS. The van der Waals surface area contributed by atoms with E-state index in [4.69, 9.17) is 0 Å². The molecule has 0 bridgehead atoms. The van der Waals surface area contributed by atoms with Crippen LogP contribution in [0.15, 0.2) is 29.4 Å². The molecule has 1 aromatic heterocycles. The van der Waals surface area contributed by atoms with Crippen molar-refractivity contribution >= 4 is 29.3 Å². The molecule has 4 rings (SSSR count). The number of amides is 1. The number of hydrogen-bond donors (Lipinski definition) is 1. The highest BCUT2D eigenvalue weighted by Crippen LogP contribution is 2.41. The summed E-state index contributed by atoms with van der Waals surface area (Å²) in [6.45, 7) is 4.23. The maximum absolute atomic E-state index is 12.3.